The van der Waals surface area contributed by atoms with Crippen LogP contribution in [0, 0.1) is 13.8 Å². The number of hydrogen-bond acceptors (Lipinski definition) is 4. The lowest BCUT2D eigenvalue weighted by atomic mass is 10.1. The van der Waals surface area contributed by atoms with E-state index < -0.39 is 0 Å². The molecule has 0 saturated heterocycles. The second-order valence-corrected chi connectivity index (χ2v) is 4.68. The maximum absolute atomic E-state index is 12.1. The van der Waals surface area contributed by atoms with E-state index in [2.05, 4.69) is 15.3 Å². The van der Waals surface area contributed by atoms with Gasteiger partial charge in [-0.1, -0.05) is 17.7 Å². The van der Waals surface area contributed by atoms with Crippen molar-refractivity contribution in [1.82, 2.24) is 9.97 Å². The van der Waals surface area contributed by atoms with Crippen LogP contribution in [-0.2, 0) is 0 Å². The normalized spacial score (nSPS) is 10.2. The van der Waals surface area contributed by atoms with Crippen LogP contribution in [-0.4, -0.2) is 23.0 Å². The van der Waals surface area contributed by atoms with E-state index in [0.717, 1.165) is 5.56 Å². The summed E-state index contributed by atoms with van der Waals surface area (Å²) < 4.78 is 5.19. The Labute approximate surface area is 122 Å². The van der Waals surface area contributed by atoms with Gasteiger partial charge in [0.15, 0.2) is 0 Å². The Morgan fingerprint density at radius 3 is 2.65 bits per heavy atom. The molecule has 0 bridgehead atoms. The summed E-state index contributed by atoms with van der Waals surface area (Å²) in [6, 6.07) is 6.82. The Hall–Kier alpha value is -2.14. The quantitative estimate of drug-likeness (QED) is 0.883. The highest BCUT2D eigenvalue weighted by molar-refractivity contribution is 6.29. The summed E-state index contributed by atoms with van der Waals surface area (Å²) in [6.07, 6.45) is 0. The SMILES string of the molecule is COc1cc(C(=O)Nc2nc(C)cc(Cl)n2)ccc1C. The lowest BCUT2D eigenvalue weighted by molar-refractivity contribution is 0.102. The number of nitrogens with one attached hydrogen (secondary N) is 1. The van der Waals surface area contributed by atoms with E-state index >= 15 is 0 Å². The first-order chi connectivity index (χ1) is 9.49. The summed E-state index contributed by atoms with van der Waals surface area (Å²) >= 11 is 5.83. The fourth-order valence-corrected chi connectivity index (χ4v) is 1.96. The molecule has 5 nitrogen and oxygen atoms in total. The minimum atomic E-state index is -0.315. The number of halogens is 1. The van der Waals surface area contributed by atoms with Crippen molar-refractivity contribution >= 4 is 23.5 Å². The summed E-state index contributed by atoms with van der Waals surface area (Å²) in [5.74, 6) is 0.519. The van der Waals surface area contributed by atoms with Crippen molar-refractivity contribution in [3.8, 4) is 5.75 Å². The number of carbonyl (C=O) groups excluding carboxylic acids is 1. The Bertz CT molecular complexity index is 639. The molecular formula is C14H14ClN3O2. The van der Waals surface area contributed by atoms with Gasteiger partial charge in [-0.15, -0.1) is 0 Å². The highest BCUT2D eigenvalue weighted by Gasteiger charge is 2.11. The number of aryl methyl sites for hydroxylation is 2. The van der Waals surface area contributed by atoms with Crippen LogP contribution in [0.2, 0.25) is 5.15 Å². The Balaban J connectivity index is 2.23. The maximum Gasteiger partial charge on any atom is 0.258 e. The van der Waals surface area contributed by atoms with Gasteiger partial charge in [0.05, 0.1) is 7.11 Å². The number of benzene rings is 1. The van der Waals surface area contributed by atoms with Crippen LogP contribution in [0.5, 0.6) is 5.75 Å². The summed E-state index contributed by atoms with van der Waals surface area (Å²) in [5.41, 5.74) is 2.11. The van der Waals surface area contributed by atoms with Gasteiger partial charge in [0.2, 0.25) is 5.95 Å². The summed E-state index contributed by atoms with van der Waals surface area (Å²) in [5, 5.41) is 2.90. The van der Waals surface area contributed by atoms with Crippen LogP contribution in [0.1, 0.15) is 21.6 Å². The number of ether oxygens (including phenoxy) is 1. The van der Waals surface area contributed by atoms with Crippen molar-refractivity contribution < 1.29 is 9.53 Å². The smallest absolute Gasteiger partial charge is 0.258 e. The van der Waals surface area contributed by atoms with Gasteiger partial charge < -0.3 is 4.74 Å². The highest BCUT2D eigenvalue weighted by Crippen LogP contribution is 2.19. The van der Waals surface area contributed by atoms with Crippen LogP contribution < -0.4 is 10.1 Å². The number of hydrogen-bond donors (Lipinski definition) is 1. The van der Waals surface area contributed by atoms with Gasteiger partial charge in [-0.3, -0.25) is 10.1 Å². The summed E-state index contributed by atoms with van der Waals surface area (Å²) in [4.78, 5) is 20.2. The minimum Gasteiger partial charge on any atom is -0.496 e. The van der Waals surface area contributed by atoms with Crippen molar-refractivity contribution in [2.45, 2.75) is 13.8 Å². The minimum absolute atomic E-state index is 0.180. The van der Waals surface area contributed by atoms with E-state index in [-0.39, 0.29) is 17.0 Å². The molecule has 0 atom stereocenters. The molecule has 0 spiro atoms. The molecule has 0 aliphatic rings. The van der Waals surface area contributed by atoms with E-state index in [9.17, 15) is 4.79 Å². The van der Waals surface area contributed by atoms with Crippen molar-refractivity contribution in [3.63, 3.8) is 0 Å². The number of carbonyl (C=O) groups is 1. The number of rotatable bonds is 3. The predicted molar refractivity (Wildman–Crippen MR) is 77.5 cm³/mol. The van der Waals surface area contributed by atoms with Crippen LogP contribution in [0.15, 0.2) is 24.3 Å². The first kappa shape index (κ1) is 14.3. The number of nitrogens with zero attached hydrogens (tertiary/aromatic N) is 2. The number of aromatic nitrogens is 2. The molecule has 0 aliphatic heterocycles. The van der Waals surface area contributed by atoms with Gasteiger partial charge in [-0.25, -0.2) is 9.97 Å². The lowest BCUT2D eigenvalue weighted by Crippen LogP contribution is -2.14. The molecule has 0 unspecified atom stereocenters. The first-order valence-corrected chi connectivity index (χ1v) is 6.34. The topological polar surface area (TPSA) is 64.1 Å². The van der Waals surface area contributed by atoms with E-state index in [1.807, 2.05) is 13.0 Å². The van der Waals surface area contributed by atoms with Crippen LogP contribution in [0.4, 0.5) is 5.95 Å². The molecule has 1 amide bonds. The molecule has 20 heavy (non-hydrogen) atoms. The molecule has 0 radical (unpaired) electrons. The fourth-order valence-electron chi connectivity index (χ4n) is 1.72. The number of anilines is 1. The molecule has 1 heterocycles. The second-order valence-electron chi connectivity index (χ2n) is 4.29. The molecule has 0 saturated carbocycles. The van der Waals surface area contributed by atoms with Crippen LogP contribution >= 0.6 is 11.6 Å². The number of methoxy groups -OCH3 is 1. The van der Waals surface area contributed by atoms with Crippen molar-refractivity contribution in [2.75, 3.05) is 12.4 Å². The molecule has 1 aromatic carbocycles. The van der Waals surface area contributed by atoms with E-state index in [4.69, 9.17) is 16.3 Å². The van der Waals surface area contributed by atoms with E-state index in [1.165, 1.54) is 0 Å². The second kappa shape index (κ2) is 5.88. The highest BCUT2D eigenvalue weighted by atomic mass is 35.5. The average Bonchev–Trinajstić information content (AvgIpc) is 2.37. The van der Waals surface area contributed by atoms with Gasteiger partial charge in [0.25, 0.3) is 5.91 Å². The van der Waals surface area contributed by atoms with Gasteiger partial charge in [-0.2, -0.15) is 0 Å². The van der Waals surface area contributed by atoms with Gasteiger partial charge in [0.1, 0.15) is 10.9 Å². The van der Waals surface area contributed by atoms with Crippen molar-refractivity contribution in [1.29, 1.82) is 0 Å². The molecule has 2 rings (SSSR count). The van der Waals surface area contributed by atoms with Gasteiger partial charge in [0, 0.05) is 11.3 Å². The average molecular weight is 292 g/mol. The van der Waals surface area contributed by atoms with Crippen molar-refractivity contribution in [2.24, 2.45) is 0 Å². The lowest BCUT2D eigenvalue weighted by Gasteiger charge is -2.08. The van der Waals surface area contributed by atoms with Crippen LogP contribution in [0.25, 0.3) is 0 Å². The van der Waals surface area contributed by atoms with Crippen LogP contribution in [0.3, 0.4) is 0 Å². The molecule has 2 aromatic rings. The summed E-state index contributed by atoms with van der Waals surface area (Å²) in [7, 11) is 1.56. The predicted octanol–water partition coefficient (Wildman–Crippen LogP) is 3.01. The Kier molecular flexibility index (Phi) is 4.20. The van der Waals surface area contributed by atoms with Crippen molar-refractivity contribution in [3.05, 3.63) is 46.2 Å². The maximum atomic E-state index is 12.1. The zero-order valence-electron chi connectivity index (χ0n) is 11.4. The Morgan fingerprint density at radius 2 is 2.00 bits per heavy atom. The molecule has 1 N–H and O–H groups in total. The standard InChI is InChI=1S/C14H14ClN3O2/c1-8-4-5-10(7-11(8)20-3)13(19)18-14-16-9(2)6-12(15)17-14/h4-7H,1-3H3,(H,16,17,18,19). The molecule has 104 valence electrons. The third-order valence-corrected chi connectivity index (χ3v) is 2.91. The largest absolute Gasteiger partial charge is 0.496 e. The zero-order chi connectivity index (χ0) is 14.7. The monoisotopic (exact) mass is 291 g/mol. The van der Waals surface area contributed by atoms with E-state index in [1.54, 1.807) is 32.2 Å². The molecule has 0 aliphatic carbocycles. The third-order valence-electron chi connectivity index (χ3n) is 2.72. The molecule has 0 fully saturated rings. The Morgan fingerprint density at radius 1 is 1.25 bits per heavy atom. The molecular weight excluding hydrogens is 278 g/mol. The van der Waals surface area contributed by atoms with E-state index in [0.29, 0.717) is 17.0 Å². The number of amides is 1. The first-order valence-electron chi connectivity index (χ1n) is 5.97. The summed E-state index contributed by atoms with van der Waals surface area (Å²) in [6.45, 7) is 3.68. The third kappa shape index (κ3) is 3.24. The zero-order valence-corrected chi connectivity index (χ0v) is 12.2. The van der Waals surface area contributed by atoms with Gasteiger partial charge >= 0.3 is 0 Å². The molecule has 1 aromatic heterocycles. The fraction of sp³-hybridized carbons (Fsp3) is 0.214. The molecule has 6 heteroatoms. The van der Waals surface area contributed by atoms with Gasteiger partial charge in [-0.05, 0) is 37.6 Å².